The molecule has 0 saturated carbocycles. The van der Waals surface area contributed by atoms with E-state index in [2.05, 4.69) is 10.5 Å². The van der Waals surface area contributed by atoms with Gasteiger partial charge in [0.05, 0.1) is 0 Å². The molecule has 0 unspecified atom stereocenters. The van der Waals surface area contributed by atoms with Gasteiger partial charge < -0.3 is 4.90 Å². The summed E-state index contributed by atoms with van der Waals surface area (Å²) in [4.78, 5) is 25.4. The second-order valence-corrected chi connectivity index (χ2v) is 5.16. The predicted octanol–water partition coefficient (Wildman–Crippen LogP) is 2.19. The van der Waals surface area contributed by atoms with Crippen molar-refractivity contribution < 1.29 is 9.59 Å². The van der Waals surface area contributed by atoms with Gasteiger partial charge in [-0.15, -0.1) is 0 Å². The molecule has 5 heteroatoms. The van der Waals surface area contributed by atoms with Gasteiger partial charge in [-0.3, -0.25) is 9.59 Å². The van der Waals surface area contributed by atoms with E-state index in [9.17, 15) is 9.59 Å². The number of benzene rings is 1. The van der Waals surface area contributed by atoms with Crippen LogP contribution in [0.15, 0.2) is 29.4 Å². The number of carbonyl (C=O) groups is 2. The largest absolute Gasteiger partial charge is 0.312 e. The van der Waals surface area contributed by atoms with Crippen molar-refractivity contribution in [2.24, 2.45) is 11.0 Å². The molecule has 1 aromatic rings. The van der Waals surface area contributed by atoms with Crippen LogP contribution in [0, 0.1) is 5.92 Å². The molecule has 20 heavy (non-hydrogen) atoms. The molecule has 1 N–H and O–H groups in total. The van der Waals surface area contributed by atoms with E-state index in [1.165, 1.54) is 0 Å². The van der Waals surface area contributed by atoms with Crippen LogP contribution in [0.2, 0.25) is 0 Å². The third kappa shape index (κ3) is 3.44. The molecular formula is C15H19N3O2. The number of nitrogens with one attached hydrogen (secondary N) is 1. The molecule has 5 nitrogen and oxygen atoms in total. The van der Waals surface area contributed by atoms with Crippen molar-refractivity contribution in [3.63, 3.8) is 0 Å². The normalized spacial score (nSPS) is 15.3. The Balaban J connectivity index is 2.09. The summed E-state index contributed by atoms with van der Waals surface area (Å²) in [5.74, 6) is 0.125. The summed E-state index contributed by atoms with van der Waals surface area (Å²) in [6, 6.07) is 7.06. The van der Waals surface area contributed by atoms with Gasteiger partial charge in [0.2, 0.25) is 5.91 Å². The molecule has 2 rings (SSSR count). The maximum Gasteiger partial charge on any atom is 0.271 e. The number of nitrogens with zero attached hydrogens (tertiary/aromatic N) is 2. The van der Waals surface area contributed by atoms with Crippen LogP contribution in [0.4, 0.5) is 5.69 Å². The number of amides is 2. The Bertz CT molecular complexity index is 538. The summed E-state index contributed by atoms with van der Waals surface area (Å²) in [5.41, 5.74) is 3.76. The zero-order valence-electron chi connectivity index (χ0n) is 11.8. The SMILES string of the molecule is CC(C)C=NNC(=O)c1cccc(N2CCCC2=O)c1. The average molecular weight is 273 g/mol. The topological polar surface area (TPSA) is 61.8 Å². The van der Waals surface area contributed by atoms with Crippen molar-refractivity contribution in [1.29, 1.82) is 0 Å². The molecule has 0 radical (unpaired) electrons. The second kappa shape index (κ2) is 6.32. The zero-order chi connectivity index (χ0) is 14.5. The summed E-state index contributed by atoms with van der Waals surface area (Å²) in [6.07, 6.45) is 3.12. The smallest absolute Gasteiger partial charge is 0.271 e. The van der Waals surface area contributed by atoms with E-state index in [4.69, 9.17) is 0 Å². The standard InChI is InChI=1S/C15H19N3O2/c1-11(2)10-16-17-15(20)12-5-3-6-13(9-12)18-8-4-7-14(18)19/h3,5-6,9-11H,4,7-8H2,1-2H3,(H,17,20). The molecule has 1 aliphatic heterocycles. The van der Waals surface area contributed by atoms with E-state index in [1.54, 1.807) is 29.3 Å². The third-order valence-corrected chi connectivity index (χ3v) is 3.03. The molecule has 2 amide bonds. The lowest BCUT2D eigenvalue weighted by atomic mass is 10.2. The molecule has 0 aromatic heterocycles. The van der Waals surface area contributed by atoms with Crippen molar-refractivity contribution in [2.45, 2.75) is 26.7 Å². The average Bonchev–Trinajstić information content (AvgIpc) is 2.84. The summed E-state index contributed by atoms with van der Waals surface area (Å²) >= 11 is 0. The minimum Gasteiger partial charge on any atom is -0.312 e. The number of anilines is 1. The van der Waals surface area contributed by atoms with Gasteiger partial charge in [0.1, 0.15) is 0 Å². The highest BCUT2D eigenvalue weighted by Crippen LogP contribution is 2.22. The van der Waals surface area contributed by atoms with Crippen LogP contribution in [-0.4, -0.2) is 24.6 Å². The Hall–Kier alpha value is -2.17. The number of hydrogen-bond acceptors (Lipinski definition) is 3. The van der Waals surface area contributed by atoms with Crippen LogP contribution < -0.4 is 10.3 Å². The molecule has 1 fully saturated rings. The van der Waals surface area contributed by atoms with Crippen LogP contribution in [-0.2, 0) is 4.79 Å². The fourth-order valence-corrected chi connectivity index (χ4v) is 2.05. The Labute approximate surface area is 118 Å². The molecule has 0 spiro atoms. The summed E-state index contributed by atoms with van der Waals surface area (Å²) in [5, 5.41) is 3.88. The Morgan fingerprint density at radius 2 is 2.25 bits per heavy atom. The quantitative estimate of drug-likeness (QED) is 0.675. The van der Waals surface area contributed by atoms with Crippen LogP contribution in [0.25, 0.3) is 0 Å². The molecule has 1 heterocycles. The first-order valence-corrected chi connectivity index (χ1v) is 6.82. The Morgan fingerprint density at radius 1 is 1.45 bits per heavy atom. The minimum absolute atomic E-state index is 0.111. The summed E-state index contributed by atoms with van der Waals surface area (Å²) < 4.78 is 0. The van der Waals surface area contributed by atoms with E-state index in [0.717, 1.165) is 18.7 Å². The van der Waals surface area contributed by atoms with E-state index in [-0.39, 0.29) is 17.7 Å². The lowest BCUT2D eigenvalue weighted by Gasteiger charge is -2.16. The molecule has 0 atom stereocenters. The van der Waals surface area contributed by atoms with Crippen molar-refractivity contribution in [3.05, 3.63) is 29.8 Å². The highest BCUT2D eigenvalue weighted by Gasteiger charge is 2.22. The second-order valence-electron chi connectivity index (χ2n) is 5.16. The van der Waals surface area contributed by atoms with Gasteiger partial charge in [-0.2, -0.15) is 5.10 Å². The predicted molar refractivity (Wildman–Crippen MR) is 78.8 cm³/mol. The highest BCUT2D eigenvalue weighted by molar-refractivity contribution is 5.99. The van der Waals surface area contributed by atoms with Gasteiger partial charge in [0.15, 0.2) is 0 Å². The van der Waals surface area contributed by atoms with Crippen LogP contribution in [0.1, 0.15) is 37.0 Å². The molecule has 1 saturated heterocycles. The molecule has 106 valence electrons. The molecular weight excluding hydrogens is 254 g/mol. The maximum atomic E-state index is 11.9. The Kier molecular flexibility index (Phi) is 4.50. The minimum atomic E-state index is -0.268. The van der Waals surface area contributed by atoms with Gasteiger partial charge in [0.25, 0.3) is 5.91 Å². The lowest BCUT2D eigenvalue weighted by Crippen LogP contribution is -2.24. The van der Waals surface area contributed by atoms with E-state index in [0.29, 0.717) is 12.0 Å². The first kappa shape index (κ1) is 14.2. The first-order chi connectivity index (χ1) is 9.58. The molecule has 0 aliphatic carbocycles. The monoisotopic (exact) mass is 273 g/mol. The molecule has 0 bridgehead atoms. The van der Waals surface area contributed by atoms with Gasteiger partial charge in [-0.1, -0.05) is 19.9 Å². The first-order valence-electron chi connectivity index (χ1n) is 6.82. The van der Waals surface area contributed by atoms with Crippen molar-refractivity contribution in [3.8, 4) is 0 Å². The fraction of sp³-hybridized carbons (Fsp3) is 0.400. The summed E-state index contributed by atoms with van der Waals surface area (Å²) in [6.45, 7) is 4.68. The van der Waals surface area contributed by atoms with Gasteiger partial charge in [0, 0.05) is 30.4 Å². The number of hydrogen-bond donors (Lipinski definition) is 1. The Morgan fingerprint density at radius 3 is 2.90 bits per heavy atom. The lowest BCUT2D eigenvalue weighted by molar-refractivity contribution is -0.117. The molecule has 1 aliphatic rings. The van der Waals surface area contributed by atoms with Crippen LogP contribution in [0.5, 0.6) is 0 Å². The van der Waals surface area contributed by atoms with E-state index >= 15 is 0 Å². The van der Waals surface area contributed by atoms with Gasteiger partial charge in [-0.05, 0) is 30.5 Å². The highest BCUT2D eigenvalue weighted by atomic mass is 16.2. The van der Waals surface area contributed by atoms with Crippen molar-refractivity contribution in [1.82, 2.24) is 5.43 Å². The zero-order valence-corrected chi connectivity index (χ0v) is 11.8. The molecule has 1 aromatic carbocycles. The summed E-state index contributed by atoms with van der Waals surface area (Å²) in [7, 11) is 0. The number of carbonyl (C=O) groups excluding carboxylic acids is 2. The fourth-order valence-electron chi connectivity index (χ4n) is 2.05. The van der Waals surface area contributed by atoms with Crippen LogP contribution in [0.3, 0.4) is 0 Å². The van der Waals surface area contributed by atoms with Crippen molar-refractivity contribution in [2.75, 3.05) is 11.4 Å². The van der Waals surface area contributed by atoms with E-state index < -0.39 is 0 Å². The van der Waals surface area contributed by atoms with Crippen molar-refractivity contribution >= 4 is 23.7 Å². The number of hydrazone groups is 1. The number of rotatable bonds is 4. The van der Waals surface area contributed by atoms with Gasteiger partial charge in [-0.25, -0.2) is 5.43 Å². The van der Waals surface area contributed by atoms with E-state index in [1.807, 2.05) is 19.9 Å². The van der Waals surface area contributed by atoms with Crippen LogP contribution >= 0.6 is 0 Å². The maximum absolute atomic E-state index is 11.9. The third-order valence-electron chi connectivity index (χ3n) is 3.03. The van der Waals surface area contributed by atoms with Gasteiger partial charge >= 0.3 is 0 Å².